The Morgan fingerprint density at radius 2 is 1.65 bits per heavy atom. The molecule has 0 aromatic carbocycles. The largest absolute Gasteiger partial charge is 0.396 e. The van der Waals surface area contributed by atoms with Crippen LogP contribution in [0.5, 0.6) is 0 Å². The number of nitrogens with zero attached hydrogens (tertiary/aromatic N) is 1. The van der Waals surface area contributed by atoms with Crippen molar-refractivity contribution in [1.29, 1.82) is 0 Å². The van der Waals surface area contributed by atoms with Gasteiger partial charge in [-0.2, -0.15) is 0 Å². The van der Waals surface area contributed by atoms with Crippen LogP contribution in [0, 0.1) is 11.8 Å². The Kier molecular flexibility index (Phi) is 3.25. The van der Waals surface area contributed by atoms with E-state index in [9.17, 15) is 9.59 Å². The van der Waals surface area contributed by atoms with Crippen LogP contribution >= 0.6 is 0 Å². The maximum absolute atomic E-state index is 12.3. The van der Waals surface area contributed by atoms with Gasteiger partial charge in [0.2, 0.25) is 11.8 Å². The Morgan fingerprint density at radius 3 is 2.06 bits per heavy atom. The SMILES string of the molecule is CC(C)(CCO)N1C(=O)C2CCCCC2C1=O. The molecule has 4 nitrogen and oxygen atoms in total. The molecule has 17 heavy (non-hydrogen) atoms. The van der Waals surface area contributed by atoms with E-state index in [1.54, 1.807) is 0 Å². The average Bonchev–Trinajstić information content (AvgIpc) is 2.53. The predicted octanol–water partition coefficient (Wildman–Crippen LogP) is 1.32. The van der Waals surface area contributed by atoms with E-state index in [4.69, 9.17) is 5.11 Å². The van der Waals surface area contributed by atoms with E-state index in [2.05, 4.69) is 0 Å². The summed E-state index contributed by atoms with van der Waals surface area (Å²) in [6, 6.07) is 0. The number of hydrogen-bond donors (Lipinski definition) is 1. The third kappa shape index (κ3) is 1.99. The van der Waals surface area contributed by atoms with Crippen LogP contribution in [0.1, 0.15) is 46.0 Å². The molecule has 1 heterocycles. The van der Waals surface area contributed by atoms with Crippen LogP contribution in [0.4, 0.5) is 0 Å². The average molecular weight is 239 g/mol. The summed E-state index contributed by atoms with van der Waals surface area (Å²) in [5.74, 6) is -0.209. The Balaban J connectivity index is 2.24. The Hall–Kier alpha value is -0.900. The zero-order valence-corrected chi connectivity index (χ0v) is 10.6. The van der Waals surface area contributed by atoms with Gasteiger partial charge in [-0.15, -0.1) is 0 Å². The van der Waals surface area contributed by atoms with Crippen molar-refractivity contribution in [3.05, 3.63) is 0 Å². The lowest BCUT2D eigenvalue weighted by molar-refractivity contribution is -0.146. The summed E-state index contributed by atoms with van der Waals surface area (Å²) < 4.78 is 0. The number of likely N-dealkylation sites (tertiary alicyclic amines) is 1. The number of carbonyl (C=O) groups is 2. The van der Waals surface area contributed by atoms with Crippen molar-refractivity contribution in [2.75, 3.05) is 6.61 Å². The number of aliphatic hydroxyl groups is 1. The Morgan fingerprint density at radius 1 is 1.18 bits per heavy atom. The van der Waals surface area contributed by atoms with E-state index in [-0.39, 0.29) is 30.3 Å². The first-order valence-corrected chi connectivity index (χ1v) is 6.48. The van der Waals surface area contributed by atoms with Crippen LogP contribution in [0.25, 0.3) is 0 Å². The summed E-state index contributed by atoms with van der Waals surface area (Å²) in [6.07, 6.45) is 4.24. The topological polar surface area (TPSA) is 57.6 Å². The molecule has 2 aliphatic rings. The van der Waals surface area contributed by atoms with Crippen molar-refractivity contribution < 1.29 is 14.7 Å². The predicted molar refractivity (Wildman–Crippen MR) is 63.1 cm³/mol. The van der Waals surface area contributed by atoms with Crippen molar-refractivity contribution in [3.63, 3.8) is 0 Å². The van der Waals surface area contributed by atoms with Gasteiger partial charge in [0, 0.05) is 12.1 Å². The molecule has 0 aromatic heterocycles. The van der Waals surface area contributed by atoms with E-state index in [0.717, 1.165) is 25.7 Å². The molecular weight excluding hydrogens is 218 g/mol. The maximum Gasteiger partial charge on any atom is 0.233 e. The minimum atomic E-state index is -0.555. The summed E-state index contributed by atoms with van der Waals surface area (Å²) in [4.78, 5) is 26.0. The molecule has 96 valence electrons. The van der Waals surface area contributed by atoms with E-state index >= 15 is 0 Å². The number of amides is 2. The second-order valence-electron chi connectivity index (χ2n) is 5.80. The molecule has 2 rings (SSSR count). The molecule has 1 aliphatic carbocycles. The van der Waals surface area contributed by atoms with Crippen LogP contribution in [-0.4, -0.2) is 34.0 Å². The number of carbonyl (C=O) groups excluding carboxylic acids is 2. The smallest absolute Gasteiger partial charge is 0.233 e. The zero-order valence-electron chi connectivity index (χ0n) is 10.6. The highest BCUT2D eigenvalue weighted by atomic mass is 16.3. The molecule has 0 bridgehead atoms. The van der Waals surface area contributed by atoms with Gasteiger partial charge in [-0.3, -0.25) is 14.5 Å². The third-order valence-corrected chi connectivity index (χ3v) is 4.17. The Bertz CT molecular complexity index is 314. The van der Waals surface area contributed by atoms with Gasteiger partial charge in [0.25, 0.3) is 0 Å². The minimum Gasteiger partial charge on any atom is -0.396 e. The van der Waals surface area contributed by atoms with Crippen LogP contribution in [-0.2, 0) is 9.59 Å². The van der Waals surface area contributed by atoms with Crippen molar-refractivity contribution in [2.24, 2.45) is 11.8 Å². The molecule has 4 heteroatoms. The van der Waals surface area contributed by atoms with Crippen LogP contribution < -0.4 is 0 Å². The second kappa shape index (κ2) is 4.41. The van der Waals surface area contributed by atoms with Crippen molar-refractivity contribution >= 4 is 11.8 Å². The van der Waals surface area contributed by atoms with E-state index in [0.29, 0.717) is 6.42 Å². The first-order chi connectivity index (χ1) is 7.99. The summed E-state index contributed by atoms with van der Waals surface area (Å²) in [5.41, 5.74) is -0.555. The molecule has 0 aromatic rings. The van der Waals surface area contributed by atoms with E-state index in [1.165, 1.54) is 4.90 Å². The van der Waals surface area contributed by atoms with Crippen molar-refractivity contribution in [2.45, 2.75) is 51.5 Å². The molecule has 2 fully saturated rings. The zero-order chi connectivity index (χ0) is 12.6. The molecule has 2 atom stereocenters. The van der Waals surface area contributed by atoms with Gasteiger partial charge in [0.05, 0.1) is 11.8 Å². The maximum atomic E-state index is 12.3. The van der Waals surface area contributed by atoms with Crippen LogP contribution in [0.3, 0.4) is 0 Å². The highest BCUT2D eigenvalue weighted by Gasteiger charge is 2.52. The molecule has 1 saturated heterocycles. The molecule has 1 N–H and O–H groups in total. The molecule has 1 saturated carbocycles. The number of hydrogen-bond acceptors (Lipinski definition) is 3. The fourth-order valence-corrected chi connectivity index (χ4v) is 3.14. The van der Waals surface area contributed by atoms with Crippen LogP contribution in [0.2, 0.25) is 0 Å². The molecule has 2 unspecified atom stereocenters. The Labute approximate surface area is 102 Å². The molecule has 1 aliphatic heterocycles. The standard InChI is InChI=1S/C13H21NO3/c1-13(2,7-8-15)14-11(16)9-5-3-4-6-10(9)12(14)17/h9-10,15H,3-8H2,1-2H3. The lowest BCUT2D eigenvalue weighted by Crippen LogP contribution is -2.48. The highest BCUT2D eigenvalue weighted by molar-refractivity contribution is 6.05. The molecule has 2 amide bonds. The lowest BCUT2D eigenvalue weighted by Gasteiger charge is -2.33. The number of rotatable bonds is 3. The van der Waals surface area contributed by atoms with Crippen molar-refractivity contribution in [3.8, 4) is 0 Å². The number of fused-ring (bicyclic) bond motifs is 1. The van der Waals surface area contributed by atoms with E-state index < -0.39 is 5.54 Å². The van der Waals surface area contributed by atoms with E-state index in [1.807, 2.05) is 13.8 Å². The number of aliphatic hydroxyl groups excluding tert-OH is 1. The molecule has 0 spiro atoms. The van der Waals surface area contributed by atoms with Gasteiger partial charge >= 0.3 is 0 Å². The fourth-order valence-electron chi connectivity index (χ4n) is 3.14. The molecule has 0 radical (unpaired) electrons. The third-order valence-electron chi connectivity index (χ3n) is 4.17. The van der Waals surface area contributed by atoms with Gasteiger partial charge in [-0.05, 0) is 33.1 Å². The van der Waals surface area contributed by atoms with Gasteiger partial charge in [-0.25, -0.2) is 0 Å². The van der Waals surface area contributed by atoms with Gasteiger partial charge in [0.15, 0.2) is 0 Å². The summed E-state index contributed by atoms with van der Waals surface area (Å²) >= 11 is 0. The van der Waals surface area contributed by atoms with Gasteiger partial charge in [-0.1, -0.05) is 12.8 Å². The quantitative estimate of drug-likeness (QED) is 0.756. The summed E-state index contributed by atoms with van der Waals surface area (Å²) in [7, 11) is 0. The lowest BCUT2D eigenvalue weighted by atomic mass is 9.81. The van der Waals surface area contributed by atoms with Gasteiger partial charge < -0.3 is 5.11 Å². The van der Waals surface area contributed by atoms with Crippen molar-refractivity contribution in [1.82, 2.24) is 4.90 Å². The summed E-state index contributed by atoms with van der Waals surface area (Å²) in [6.45, 7) is 3.71. The van der Waals surface area contributed by atoms with Gasteiger partial charge in [0.1, 0.15) is 0 Å². The monoisotopic (exact) mass is 239 g/mol. The fraction of sp³-hybridized carbons (Fsp3) is 0.846. The second-order valence-corrected chi connectivity index (χ2v) is 5.80. The minimum absolute atomic E-state index is 0.000602. The first kappa shape index (κ1) is 12.6. The number of imide groups is 1. The molecular formula is C13H21NO3. The van der Waals surface area contributed by atoms with Crippen LogP contribution in [0.15, 0.2) is 0 Å². The highest BCUT2D eigenvalue weighted by Crippen LogP contribution is 2.41. The summed E-state index contributed by atoms with van der Waals surface area (Å²) in [5, 5.41) is 9.04. The normalized spacial score (nSPS) is 29.7. The first-order valence-electron chi connectivity index (χ1n) is 6.48.